The Hall–Kier alpha value is -1.95. The van der Waals surface area contributed by atoms with Gasteiger partial charge in [0.2, 0.25) is 0 Å². The van der Waals surface area contributed by atoms with E-state index in [1.54, 1.807) is 5.56 Å². The van der Waals surface area contributed by atoms with E-state index in [4.69, 9.17) is 4.98 Å². The number of fused-ring (bicyclic) bond motifs is 5. The maximum Gasteiger partial charge on any atom is 0.0610 e. The smallest absolute Gasteiger partial charge is 0.0610 e. The van der Waals surface area contributed by atoms with Crippen molar-refractivity contribution in [1.29, 1.82) is 0 Å². The Kier molecular flexibility index (Phi) is 5.60. The Morgan fingerprint density at radius 3 is 2.88 bits per heavy atom. The molecule has 0 amide bonds. The molecule has 34 heavy (non-hydrogen) atoms. The first kappa shape index (κ1) is 21.3. The van der Waals surface area contributed by atoms with Crippen LogP contribution in [0.25, 0.3) is 0 Å². The zero-order chi connectivity index (χ0) is 22.5. The monoisotopic (exact) mass is 457 g/mol. The number of piperidine rings is 1. The number of hydrogen-bond donors (Lipinski definition) is 1. The number of nitrogens with zero attached hydrogens (tertiary/aromatic N) is 4. The molecular formula is C29H39N5. The molecule has 0 saturated carbocycles. The molecule has 5 heteroatoms. The molecule has 3 fully saturated rings. The summed E-state index contributed by atoms with van der Waals surface area (Å²) in [6.07, 6.45) is 11.2. The second-order valence-corrected chi connectivity index (χ2v) is 11.4. The summed E-state index contributed by atoms with van der Waals surface area (Å²) in [5, 5.41) is 3.92. The zero-order valence-electron chi connectivity index (χ0n) is 20.5. The maximum absolute atomic E-state index is 4.91. The van der Waals surface area contributed by atoms with Gasteiger partial charge >= 0.3 is 0 Å². The third-order valence-electron chi connectivity index (χ3n) is 9.51. The van der Waals surface area contributed by atoms with Gasteiger partial charge in [0.15, 0.2) is 0 Å². The van der Waals surface area contributed by atoms with E-state index in [1.165, 1.54) is 93.8 Å². The highest BCUT2D eigenvalue weighted by atomic mass is 15.3. The highest BCUT2D eigenvalue weighted by Crippen LogP contribution is 2.43. The summed E-state index contributed by atoms with van der Waals surface area (Å²) < 4.78 is 0. The summed E-state index contributed by atoms with van der Waals surface area (Å²) in [7, 11) is 0. The number of rotatable bonds is 3. The standard InChI is InChI=1S/C29H39N5/c1-5-23-18-31-24(17-26(23)27(9-1)33-16-15-32-13-4-8-25(32)20-33)19-34-14-3-7-22-11-10-21-6-2-12-30-28(21)29(22)34/h1-2,5-6,9,12,22,24-25,29,31H,3-4,7-8,10-11,13-20H2/t22-,24-,25-,29?/m1/s1. The molecule has 1 aromatic carbocycles. The number of aromatic nitrogens is 1. The van der Waals surface area contributed by atoms with Gasteiger partial charge in [-0.2, -0.15) is 0 Å². The minimum absolute atomic E-state index is 0.521. The quantitative estimate of drug-likeness (QED) is 0.759. The van der Waals surface area contributed by atoms with Crippen LogP contribution in [0.2, 0.25) is 0 Å². The molecule has 0 spiro atoms. The van der Waals surface area contributed by atoms with Crippen molar-refractivity contribution in [3.05, 3.63) is 58.9 Å². The van der Waals surface area contributed by atoms with Crippen LogP contribution in [0.15, 0.2) is 36.5 Å². The molecule has 1 N–H and O–H groups in total. The SMILES string of the molecule is c1cnc2c(c1)CC[C@H]1CCCN(C[C@H]3Cc4c(cccc4N4CCN5CCC[C@@H]5C4)CN3)C21. The summed E-state index contributed by atoms with van der Waals surface area (Å²) in [6.45, 7) is 8.31. The number of anilines is 1. The highest BCUT2D eigenvalue weighted by Gasteiger charge is 2.39. The minimum atomic E-state index is 0.521. The van der Waals surface area contributed by atoms with Gasteiger partial charge in [-0.15, -0.1) is 0 Å². The largest absolute Gasteiger partial charge is 0.368 e. The fourth-order valence-corrected chi connectivity index (χ4v) is 7.84. The Balaban J connectivity index is 1.11. The lowest BCUT2D eigenvalue weighted by molar-refractivity contribution is 0.0661. The number of benzene rings is 1. The first-order valence-electron chi connectivity index (χ1n) is 13.8. The first-order chi connectivity index (χ1) is 16.8. The molecule has 0 bridgehead atoms. The number of pyridine rings is 1. The molecule has 3 saturated heterocycles. The number of hydrogen-bond acceptors (Lipinski definition) is 5. The van der Waals surface area contributed by atoms with E-state index >= 15 is 0 Å². The first-order valence-corrected chi connectivity index (χ1v) is 13.8. The van der Waals surface area contributed by atoms with E-state index < -0.39 is 0 Å². The predicted octanol–water partition coefficient (Wildman–Crippen LogP) is 3.78. The molecule has 1 aliphatic carbocycles. The molecule has 2 aromatic rings. The summed E-state index contributed by atoms with van der Waals surface area (Å²) in [5.74, 6) is 0.783. The average molecular weight is 458 g/mol. The van der Waals surface area contributed by atoms with Crippen molar-refractivity contribution in [3.63, 3.8) is 0 Å². The summed E-state index contributed by atoms with van der Waals surface area (Å²) in [4.78, 5) is 13.1. The predicted molar refractivity (Wildman–Crippen MR) is 137 cm³/mol. The van der Waals surface area contributed by atoms with Gasteiger partial charge in [-0.3, -0.25) is 14.8 Å². The van der Waals surface area contributed by atoms with E-state index in [0.717, 1.165) is 31.5 Å². The topological polar surface area (TPSA) is 34.6 Å². The van der Waals surface area contributed by atoms with Crippen LogP contribution in [0, 0.1) is 5.92 Å². The summed E-state index contributed by atoms with van der Waals surface area (Å²) in [5.41, 5.74) is 7.53. The van der Waals surface area contributed by atoms with E-state index in [9.17, 15) is 0 Å². The van der Waals surface area contributed by atoms with Crippen molar-refractivity contribution < 1.29 is 0 Å². The van der Waals surface area contributed by atoms with Gasteiger partial charge in [-0.1, -0.05) is 18.2 Å². The number of likely N-dealkylation sites (tertiary alicyclic amines) is 1. The second-order valence-electron chi connectivity index (χ2n) is 11.4. The third-order valence-corrected chi connectivity index (χ3v) is 9.51. The Labute approximate surface area is 204 Å². The van der Waals surface area contributed by atoms with E-state index in [0.29, 0.717) is 12.1 Å². The molecule has 1 unspecified atom stereocenters. The van der Waals surface area contributed by atoms with Gasteiger partial charge in [-0.05, 0) is 92.8 Å². The Morgan fingerprint density at radius 1 is 0.941 bits per heavy atom. The number of piperazine rings is 1. The van der Waals surface area contributed by atoms with Gasteiger partial charge in [0, 0.05) is 56.7 Å². The molecule has 4 aliphatic heterocycles. The van der Waals surface area contributed by atoms with Crippen molar-refractivity contribution in [3.8, 4) is 0 Å². The molecule has 4 atom stereocenters. The fraction of sp³-hybridized carbons (Fsp3) is 0.621. The van der Waals surface area contributed by atoms with E-state index in [1.807, 2.05) is 6.20 Å². The Bertz CT molecular complexity index is 1040. The van der Waals surface area contributed by atoms with Crippen LogP contribution in [0.3, 0.4) is 0 Å². The second kappa shape index (κ2) is 8.92. The highest BCUT2D eigenvalue weighted by molar-refractivity contribution is 5.58. The molecule has 7 rings (SSSR count). The lowest BCUT2D eigenvalue weighted by atomic mass is 9.76. The molecule has 180 valence electrons. The van der Waals surface area contributed by atoms with Crippen LogP contribution in [0.5, 0.6) is 0 Å². The van der Waals surface area contributed by atoms with Gasteiger partial charge in [-0.25, -0.2) is 0 Å². The van der Waals surface area contributed by atoms with Crippen molar-refractivity contribution >= 4 is 5.69 Å². The zero-order valence-corrected chi connectivity index (χ0v) is 20.5. The van der Waals surface area contributed by atoms with Crippen LogP contribution in [0.1, 0.15) is 60.5 Å². The molecule has 5 nitrogen and oxygen atoms in total. The normalized spacial score (nSPS) is 31.5. The van der Waals surface area contributed by atoms with Crippen LogP contribution >= 0.6 is 0 Å². The fourth-order valence-electron chi connectivity index (χ4n) is 7.84. The van der Waals surface area contributed by atoms with E-state index in [-0.39, 0.29) is 0 Å². The molecule has 0 radical (unpaired) electrons. The lowest BCUT2D eigenvalue weighted by Gasteiger charge is -2.46. The number of aryl methyl sites for hydroxylation is 1. The lowest BCUT2D eigenvalue weighted by Crippen LogP contribution is -2.52. The molecular weight excluding hydrogens is 418 g/mol. The van der Waals surface area contributed by atoms with Crippen LogP contribution < -0.4 is 10.2 Å². The third kappa shape index (κ3) is 3.77. The molecule has 1 aromatic heterocycles. The van der Waals surface area contributed by atoms with Gasteiger partial charge < -0.3 is 10.2 Å². The summed E-state index contributed by atoms with van der Waals surface area (Å²) in [6, 6.07) is 13.3. The van der Waals surface area contributed by atoms with E-state index in [2.05, 4.69) is 50.3 Å². The number of nitrogens with one attached hydrogen (secondary N) is 1. The Morgan fingerprint density at radius 2 is 1.88 bits per heavy atom. The van der Waals surface area contributed by atoms with Crippen molar-refractivity contribution in [1.82, 2.24) is 20.1 Å². The average Bonchev–Trinajstić information content (AvgIpc) is 3.36. The molecule has 5 aliphatic rings. The minimum Gasteiger partial charge on any atom is -0.368 e. The van der Waals surface area contributed by atoms with Crippen LogP contribution in [-0.4, -0.2) is 66.1 Å². The van der Waals surface area contributed by atoms with Crippen molar-refractivity contribution in [2.24, 2.45) is 5.92 Å². The van der Waals surface area contributed by atoms with Gasteiger partial charge in [0.25, 0.3) is 0 Å². The van der Waals surface area contributed by atoms with Gasteiger partial charge in [0.05, 0.1) is 11.7 Å². The molecule has 5 heterocycles. The van der Waals surface area contributed by atoms with Crippen molar-refractivity contribution in [2.75, 3.05) is 44.2 Å². The van der Waals surface area contributed by atoms with Crippen molar-refractivity contribution in [2.45, 2.75) is 69.6 Å². The van der Waals surface area contributed by atoms with Crippen LogP contribution in [0.4, 0.5) is 5.69 Å². The van der Waals surface area contributed by atoms with Crippen LogP contribution in [-0.2, 0) is 19.4 Å². The van der Waals surface area contributed by atoms with Gasteiger partial charge in [0.1, 0.15) is 0 Å². The maximum atomic E-state index is 4.91. The summed E-state index contributed by atoms with van der Waals surface area (Å²) >= 11 is 0.